The molecule has 0 bridgehead atoms. The van der Waals surface area contributed by atoms with Crippen molar-refractivity contribution in [3.05, 3.63) is 88.9 Å². The van der Waals surface area contributed by atoms with Crippen molar-refractivity contribution in [3.63, 3.8) is 0 Å². The van der Waals surface area contributed by atoms with Crippen molar-refractivity contribution >= 4 is 17.0 Å². The van der Waals surface area contributed by atoms with Gasteiger partial charge in [0.05, 0.1) is 18.6 Å². The largest absolute Gasteiger partial charge is 0.481 e. The van der Waals surface area contributed by atoms with Gasteiger partial charge in [-0.1, -0.05) is 53.8 Å². The Hall–Kier alpha value is -3.92. The predicted molar refractivity (Wildman–Crippen MR) is 146 cm³/mol. The van der Waals surface area contributed by atoms with Gasteiger partial charge >= 0.3 is 0 Å². The Morgan fingerprint density at radius 1 is 1.03 bits per heavy atom. The van der Waals surface area contributed by atoms with E-state index in [1.807, 2.05) is 50.3 Å². The van der Waals surface area contributed by atoms with Crippen molar-refractivity contribution in [1.82, 2.24) is 20.0 Å². The molecule has 2 aromatic carbocycles. The Bertz CT molecular complexity index is 1550. The maximum Gasteiger partial charge on any atom is 0.277 e. The van der Waals surface area contributed by atoms with Crippen LogP contribution in [0.15, 0.2) is 77.7 Å². The average molecular weight is 527 g/mol. The van der Waals surface area contributed by atoms with Crippen LogP contribution in [-0.4, -0.2) is 51.4 Å². The van der Waals surface area contributed by atoms with Gasteiger partial charge in [0.15, 0.2) is 12.1 Å². The summed E-state index contributed by atoms with van der Waals surface area (Å²) in [5, 5.41) is 8.92. The van der Waals surface area contributed by atoms with Crippen molar-refractivity contribution in [1.29, 1.82) is 0 Å². The van der Waals surface area contributed by atoms with Gasteiger partial charge in [0.25, 0.3) is 5.56 Å². The third kappa shape index (κ3) is 5.21. The van der Waals surface area contributed by atoms with Crippen LogP contribution in [0.2, 0.25) is 0 Å². The van der Waals surface area contributed by atoms with Gasteiger partial charge in [-0.15, -0.1) is 5.10 Å². The first kappa shape index (κ1) is 25.4. The summed E-state index contributed by atoms with van der Waals surface area (Å²) in [7, 11) is 1.60. The van der Waals surface area contributed by atoms with Gasteiger partial charge in [-0.2, -0.15) is 0 Å². The van der Waals surface area contributed by atoms with Crippen LogP contribution in [0.1, 0.15) is 25.8 Å². The van der Waals surface area contributed by atoms with Crippen LogP contribution in [0.5, 0.6) is 5.88 Å². The van der Waals surface area contributed by atoms with Crippen molar-refractivity contribution in [2.24, 2.45) is 5.92 Å². The van der Waals surface area contributed by atoms with E-state index in [0.29, 0.717) is 29.7 Å². The lowest BCUT2D eigenvalue weighted by Gasteiger charge is -2.24. The zero-order valence-electron chi connectivity index (χ0n) is 22.1. The van der Waals surface area contributed by atoms with E-state index in [1.54, 1.807) is 25.4 Å². The quantitative estimate of drug-likeness (QED) is 0.348. The highest BCUT2D eigenvalue weighted by atomic mass is 16.8. The number of aryl methyl sites for hydroxylation is 1. The summed E-state index contributed by atoms with van der Waals surface area (Å²) >= 11 is 0. The van der Waals surface area contributed by atoms with Crippen LogP contribution in [-0.2, 0) is 20.8 Å². The minimum Gasteiger partial charge on any atom is -0.481 e. The summed E-state index contributed by atoms with van der Waals surface area (Å²) in [4.78, 5) is 17.3. The molecule has 0 saturated carbocycles. The molecule has 6 rings (SSSR count). The van der Waals surface area contributed by atoms with Crippen LogP contribution in [0.25, 0.3) is 28.1 Å². The molecule has 39 heavy (non-hydrogen) atoms. The van der Waals surface area contributed by atoms with Crippen LogP contribution in [0.4, 0.5) is 0 Å². The second kappa shape index (κ2) is 10.3. The predicted octanol–water partition coefficient (Wildman–Crippen LogP) is 4.46. The number of pyridine rings is 1. The van der Waals surface area contributed by atoms with E-state index in [4.69, 9.17) is 18.9 Å². The second-order valence-electron chi connectivity index (χ2n) is 10.2. The maximum atomic E-state index is 13.0. The second-order valence-corrected chi connectivity index (χ2v) is 10.2. The van der Waals surface area contributed by atoms with Crippen molar-refractivity contribution < 1.29 is 18.9 Å². The van der Waals surface area contributed by atoms with Crippen molar-refractivity contribution in [2.45, 2.75) is 51.1 Å². The molecule has 0 aliphatic carbocycles. The Morgan fingerprint density at radius 3 is 2.59 bits per heavy atom. The topological polar surface area (TPSA) is 97.6 Å². The molecule has 2 saturated heterocycles. The molecule has 4 aromatic rings. The van der Waals surface area contributed by atoms with Gasteiger partial charge in [-0.05, 0) is 49.6 Å². The van der Waals surface area contributed by atoms with E-state index in [-0.39, 0.29) is 23.7 Å². The normalized spacial score (nSPS) is 23.9. The molecule has 2 aliphatic heterocycles. The molecular formula is C30H30N4O5. The molecule has 2 aromatic heterocycles. The number of benzene rings is 2. The summed E-state index contributed by atoms with van der Waals surface area (Å²) in [6.07, 6.45) is 5.54. The Morgan fingerprint density at radius 2 is 1.82 bits per heavy atom. The number of ether oxygens (including phenoxy) is 4. The number of aromatic nitrogens is 4. The first-order valence-corrected chi connectivity index (χ1v) is 13.0. The third-order valence-corrected chi connectivity index (χ3v) is 7.19. The lowest BCUT2D eigenvalue weighted by Crippen LogP contribution is -2.32. The van der Waals surface area contributed by atoms with E-state index < -0.39 is 12.1 Å². The Labute approximate surface area is 226 Å². The van der Waals surface area contributed by atoms with Crippen LogP contribution in [0, 0.1) is 5.92 Å². The smallest absolute Gasteiger partial charge is 0.277 e. The molecule has 2 aliphatic rings. The van der Waals surface area contributed by atoms with E-state index >= 15 is 0 Å². The van der Waals surface area contributed by atoms with Crippen LogP contribution < -0.4 is 10.3 Å². The number of methoxy groups -OCH3 is 1. The van der Waals surface area contributed by atoms with Gasteiger partial charge in [-0.3, -0.25) is 4.79 Å². The molecule has 0 spiro atoms. The Balaban J connectivity index is 1.19. The van der Waals surface area contributed by atoms with E-state index in [2.05, 4.69) is 39.6 Å². The summed E-state index contributed by atoms with van der Waals surface area (Å²) in [5.41, 5.74) is 3.56. The highest BCUT2D eigenvalue weighted by Crippen LogP contribution is 2.42. The fourth-order valence-corrected chi connectivity index (χ4v) is 5.22. The van der Waals surface area contributed by atoms with Crippen LogP contribution in [0.3, 0.4) is 0 Å². The van der Waals surface area contributed by atoms with Crippen molar-refractivity contribution in [3.8, 4) is 17.0 Å². The van der Waals surface area contributed by atoms with Crippen molar-refractivity contribution in [2.75, 3.05) is 7.11 Å². The van der Waals surface area contributed by atoms with E-state index in [0.717, 1.165) is 16.7 Å². The molecule has 4 heterocycles. The fraction of sp³-hybridized carbons (Fsp3) is 0.333. The number of fused-ring (bicyclic) bond motifs is 2. The van der Waals surface area contributed by atoms with Gasteiger partial charge in [0.2, 0.25) is 5.88 Å². The van der Waals surface area contributed by atoms with Gasteiger partial charge in [-0.25, -0.2) is 9.67 Å². The first-order chi connectivity index (χ1) is 18.9. The lowest BCUT2D eigenvalue weighted by molar-refractivity contribution is -0.205. The SMILES string of the molecule is COc1ccc(-c2ccc(C=C[C@@H]3O[C@H]4OC(C)(C)O[C@H]4[C@H]3CCn3nnc4ccccc4c3=O)cc2)cn1. The molecule has 2 fully saturated rings. The number of hydrogen-bond acceptors (Lipinski definition) is 8. The molecule has 200 valence electrons. The molecule has 9 heteroatoms. The molecule has 0 unspecified atom stereocenters. The minimum atomic E-state index is -0.728. The molecule has 9 nitrogen and oxygen atoms in total. The Kier molecular flexibility index (Phi) is 6.72. The maximum absolute atomic E-state index is 13.0. The highest BCUT2D eigenvalue weighted by molar-refractivity contribution is 5.76. The lowest BCUT2D eigenvalue weighted by atomic mass is 9.93. The number of hydrogen-bond donors (Lipinski definition) is 0. The standard InChI is InChI=1S/C30H30N4O5/c1-30(2)38-27-23(16-17-34-28(35)22-6-4-5-7-24(22)32-33-34)25(37-29(27)39-30)14-10-19-8-11-20(12-9-19)21-13-15-26(36-3)31-18-21/h4-15,18,23,25,27,29H,16-17H2,1-3H3/t23-,25-,27-,29-/m0/s1. The molecule has 0 N–H and O–H groups in total. The fourth-order valence-electron chi connectivity index (χ4n) is 5.22. The summed E-state index contributed by atoms with van der Waals surface area (Å²) in [6, 6.07) is 19.3. The highest BCUT2D eigenvalue weighted by Gasteiger charge is 2.53. The molecule has 0 amide bonds. The van der Waals surface area contributed by atoms with E-state index in [9.17, 15) is 4.79 Å². The number of nitrogens with zero attached hydrogens (tertiary/aromatic N) is 4. The first-order valence-electron chi connectivity index (χ1n) is 13.0. The zero-order valence-corrected chi connectivity index (χ0v) is 22.1. The summed E-state index contributed by atoms with van der Waals surface area (Å²) in [6.45, 7) is 4.16. The van der Waals surface area contributed by atoms with E-state index in [1.165, 1.54) is 4.68 Å². The molecule has 0 radical (unpaired) electrons. The summed E-state index contributed by atoms with van der Waals surface area (Å²) in [5.74, 6) is -0.172. The van der Waals surface area contributed by atoms with Crippen LogP contribution >= 0.6 is 0 Å². The molecule has 4 atom stereocenters. The number of rotatable bonds is 7. The third-order valence-electron chi connectivity index (χ3n) is 7.19. The molecular weight excluding hydrogens is 496 g/mol. The van der Waals surface area contributed by atoms with Gasteiger partial charge in [0.1, 0.15) is 11.6 Å². The van der Waals surface area contributed by atoms with Gasteiger partial charge in [0, 0.05) is 30.3 Å². The minimum absolute atomic E-state index is 0.0298. The summed E-state index contributed by atoms with van der Waals surface area (Å²) < 4.78 is 25.1. The zero-order chi connectivity index (χ0) is 27.0. The van der Waals surface area contributed by atoms with Gasteiger partial charge < -0.3 is 18.9 Å². The average Bonchev–Trinajstić information content (AvgIpc) is 3.43. The monoisotopic (exact) mass is 526 g/mol.